The topological polar surface area (TPSA) is 69.9 Å². The van der Waals surface area contributed by atoms with Gasteiger partial charge in [-0.2, -0.15) is 0 Å². The molecule has 180 valence electrons. The lowest BCUT2D eigenvalue weighted by molar-refractivity contribution is -0.139. The molecule has 0 saturated heterocycles. The second-order valence-electron chi connectivity index (χ2n) is 8.01. The average molecular weight is 515 g/mol. The number of fused-ring (bicyclic) bond motifs is 2. The van der Waals surface area contributed by atoms with Crippen LogP contribution in [-0.4, -0.2) is 23.8 Å². The van der Waals surface area contributed by atoms with Gasteiger partial charge in [-0.1, -0.05) is 53.7 Å². The highest BCUT2D eigenvalue weighted by atomic mass is 32.1. The molecule has 2 aromatic heterocycles. The van der Waals surface area contributed by atoms with Crippen LogP contribution in [0.15, 0.2) is 75.0 Å². The van der Waals surface area contributed by atoms with Gasteiger partial charge in [0.2, 0.25) is 0 Å². The molecule has 0 aliphatic carbocycles. The Morgan fingerprint density at radius 1 is 1.22 bits per heavy atom. The molecule has 2 aromatic carbocycles. The molecule has 0 amide bonds. The molecule has 0 fully saturated rings. The van der Waals surface area contributed by atoms with Crippen LogP contribution < -0.4 is 19.6 Å². The first-order valence-corrected chi connectivity index (χ1v) is 13.0. The lowest BCUT2D eigenvalue weighted by atomic mass is 10.0. The van der Waals surface area contributed by atoms with Gasteiger partial charge < -0.3 is 9.47 Å². The van der Waals surface area contributed by atoms with Gasteiger partial charge >= 0.3 is 5.97 Å². The Bertz CT molecular complexity index is 1720. The van der Waals surface area contributed by atoms with E-state index in [0.717, 1.165) is 21.2 Å². The van der Waals surface area contributed by atoms with Crippen LogP contribution in [0.3, 0.4) is 0 Å². The first-order chi connectivity index (χ1) is 17.5. The van der Waals surface area contributed by atoms with Crippen LogP contribution in [0.25, 0.3) is 16.8 Å². The van der Waals surface area contributed by atoms with Crippen molar-refractivity contribution in [1.29, 1.82) is 0 Å². The van der Waals surface area contributed by atoms with Crippen molar-refractivity contribution in [2.45, 2.75) is 19.9 Å². The quantitative estimate of drug-likeness (QED) is 0.288. The van der Waals surface area contributed by atoms with Crippen molar-refractivity contribution in [3.63, 3.8) is 0 Å². The zero-order valence-electron chi connectivity index (χ0n) is 19.7. The Kier molecular flexibility index (Phi) is 6.59. The Balaban J connectivity index is 1.76. The lowest BCUT2D eigenvalue weighted by Crippen LogP contribution is -2.39. The molecular weight excluding hydrogens is 492 g/mol. The minimum Gasteiger partial charge on any atom is -0.480 e. The lowest BCUT2D eigenvalue weighted by Gasteiger charge is -2.23. The number of esters is 1. The summed E-state index contributed by atoms with van der Waals surface area (Å²) in [5.74, 6) is 2.62. The Labute approximate surface area is 215 Å². The van der Waals surface area contributed by atoms with E-state index in [2.05, 4.69) is 10.9 Å². The number of ether oxygens (including phenoxy) is 2. The number of aromatic nitrogens is 1. The maximum absolute atomic E-state index is 13.9. The van der Waals surface area contributed by atoms with Crippen molar-refractivity contribution in [3.8, 4) is 18.1 Å². The summed E-state index contributed by atoms with van der Waals surface area (Å²) in [7, 11) is 0. The van der Waals surface area contributed by atoms with Gasteiger partial charge in [-0.3, -0.25) is 9.36 Å². The molecule has 3 heterocycles. The number of rotatable bonds is 6. The van der Waals surface area contributed by atoms with Gasteiger partial charge in [-0.05, 0) is 48.2 Å². The van der Waals surface area contributed by atoms with Gasteiger partial charge in [0.25, 0.3) is 5.56 Å². The fraction of sp³-hybridized carbons (Fsp3) is 0.179. The molecule has 36 heavy (non-hydrogen) atoms. The van der Waals surface area contributed by atoms with E-state index in [-0.39, 0.29) is 18.8 Å². The molecule has 1 unspecified atom stereocenters. The molecular formula is C28H22N2O4S2. The summed E-state index contributed by atoms with van der Waals surface area (Å²) < 4.78 is 13.2. The van der Waals surface area contributed by atoms with Gasteiger partial charge in [0.05, 0.1) is 22.4 Å². The molecule has 0 radical (unpaired) electrons. The molecule has 4 aromatic rings. The van der Waals surface area contributed by atoms with Crippen molar-refractivity contribution < 1.29 is 14.3 Å². The Morgan fingerprint density at radius 3 is 2.81 bits per heavy atom. The highest BCUT2D eigenvalue weighted by Crippen LogP contribution is 2.33. The SMILES string of the molecule is C#CCOc1ccc2ccccc2c1/C=c1\sc2n(c1=O)C(c1cccs1)C(C(=O)OCC)=C(C)N=2. The minimum atomic E-state index is -0.605. The van der Waals surface area contributed by atoms with Crippen LogP contribution in [0, 0.1) is 12.3 Å². The van der Waals surface area contributed by atoms with E-state index in [4.69, 9.17) is 15.9 Å². The Hall–Kier alpha value is -3.93. The van der Waals surface area contributed by atoms with Crippen LogP contribution in [-0.2, 0) is 9.53 Å². The molecule has 0 N–H and O–H groups in total. The van der Waals surface area contributed by atoms with Crippen molar-refractivity contribution in [2.24, 2.45) is 4.99 Å². The highest BCUT2D eigenvalue weighted by Gasteiger charge is 2.33. The van der Waals surface area contributed by atoms with E-state index in [1.54, 1.807) is 18.4 Å². The third-order valence-corrected chi connectivity index (χ3v) is 7.75. The van der Waals surface area contributed by atoms with Gasteiger partial charge in [0.1, 0.15) is 18.4 Å². The number of carbonyl (C=O) groups is 1. The number of allylic oxidation sites excluding steroid dienone is 1. The van der Waals surface area contributed by atoms with Gasteiger partial charge in [-0.15, -0.1) is 17.8 Å². The first-order valence-electron chi connectivity index (χ1n) is 11.3. The summed E-state index contributed by atoms with van der Waals surface area (Å²) in [5.41, 5.74) is 1.45. The molecule has 0 bridgehead atoms. The van der Waals surface area contributed by atoms with E-state index in [9.17, 15) is 9.59 Å². The third kappa shape index (κ3) is 4.17. The monoisotopic (exact) mass is 514 g/mol. The zero-order chi connectivity index (χ0) is 25.2. The minimum absolute atomic E-state index is 0.112. The van der Waals surface area contributed by atoms with E-state index in [1.165, 1.54) is 22.7 Å². The van der Waals surface area contributed by atoms with Crippen LogP contribution in [0.1, 0.15) is 30.3 Å². The molecule has 0 saturated carbocycles. The van der Waals surface area contributed by atoms with Crippen LogP contribution in [0.5, 0.6) is 5.75 Å². The fourth-order valence-corrected chi connectivity index (χ4v) is 6.16. The number of carbonyl (C=O) groups excluding carboxylic acids is 1. The second-order valence-corrected chi connectivity index (χ2v) is 10.00. The number of benzene rings is 2. The second kappa shape index (κ2) is 9.97. The number of thiophene rings is 1. The molecule has 5 rings (SSSR count). The number of nitrogens with zero attached hydrogens (tertiary/aromatic N) is 2. The molecule has 6 nitrogen and oxygen atoms in total. The van der Waals surface area contributed by atoms with Crippen molar-refractivity contribution >= 4 is 45.5 Å². The van der Waals surface area contributed by atoms with Gasteiger partial charge in [0.15, 0.2) is 4.80 Å². The normalized spacial score (nSPS) is 15.4. The Morgan fingerprint density at radius 2 is 2.06 bits per heavy atom. The maximum Gasteiger partial charge on any atom is 0.338 e. The average Bonchev–Trinajstić information content (AvgIpc) is 3.51. The third-order valence-electron chi connectivity index (χ3n) is 5.85. The zero-order valence-corrected chi connectivity index (χ0v) is 21.3. The summed E-state index contributed by atoms with van der Waals surface area (Å²) in [6.07, 6.45) is 7.25. The molecule has 0 spiro atoms. The standard InChI is InChI=1S/C28H22N2O4S2/c1-4-14-34-21-13-12-18-9-6-7-10-19(18)20(21)16-23-26(31)30-25(22-11-8-15-35-22)24(27(32)33-5-2)17(3)29-28(30)36-23/h1,6-13,15-16,25H,5,14H2,2-3H3/b23-16-. The molecule has 1 aliphatic heterocycles. The number of terminal acetylenes is 1. The number of hydrogen-bond acceptors (Lipinski definition) is 7. The predicted molar refractivity (Wildman–Crippen MR) is 143 cm³/mol. The van der Waals surface area contributed by atoms with Crippen molar-refractivity contribution in [3.05, 3.63) is 95.3 Å². The molecule has 8 heteroatoms. The summed E-state index contributed by atoms with van der Waals surface area (Å²) in [6.45, 7) is 3.88. The van der Waals surface area contributed by atoms with E-state index < -0.39 is 12.0 Å². The van der Waals surface area contributed by atoms with E-state index in [0.29, 0.717) is 26.4 Å². The largest absolute Gasteiger partial charge is 0.480 e. The summed E-state index contributed by atoms with van der Waals surface area (Å²) in [5, 5.41) is 3.88. The van der Waals surface area contributed by atoms with Crippen molar-refractivity contribution in [2.75, 3.05) is 13.2 Å². The van der Waals surface area contributed by atoms with Gasteiger partial charge in [0, 0.05) is 10.4 Å². The van der Waals surface area contributed by atoms with Crippen LogP contribution >= 0.6 is 22.7 Å². The number of thiazole rings is 1. The fourth-order valence-electron chi connectivity index (χ4n) is 4.31. The van der Waals surface area contributed by atoms with E-state index in [1.807, 2.05) is 60.0 Å². The van der Waals surface area contributed by atoms with Gasteiger partial charge in [-0.25, -0.2) is 9.79 Å². The van der Waals surface area contributed by atoms with Crippen LogP contribution in [0.4, 0.5) is 0 Å². The summed E-state index contributed by atoms with van der Waals surface area (Å²) in [4.78, 5) is 32.8. The summed E-state index contributed by atoms with van der Waals surface area (Å²) >= 11 is 2.76. The molecule has 1 aliphatic rings. The molecule has 1 atom stereocenters. The number of hydrogen-bond donors (Lipinski definition) is 0. The summed E-state index contributed by atoms with van der Waals surface area (Å²) in [6, 6.07) is 14.9. The van der Waals surface area contributed by atoms with Crippen LogP contribution in [0.2, 0.25) is 0 Å². The predicted octanol–water partition coefficient (Wildman–Crippen LogP) is 4.03. The van der Waals surface area contributed by atoms with E-state index >= 15 is 0 Å². The first kappa shape index (κ1) is 23.8. The highest BCUT2D eigenvalue weighted by molar-refractivity contribution is 7.10. The van der Waals surface area contributed by atoms with Crippen molar-refractivity contribution in [1.82, 2.24) is 4.57 Å². The smallest absolute Gasteiger partial charge is 0.338 e. The maximum atomic E-state index is 13.9.